The molecule has 22 heavy (non-hydrogen) atoms. The van der Waals surface area contributed by atoms with E-state index in [1.54, 1.807) is 0 Å². The number of aliphatic imine (C=N–C) groups is 1. The Hall–Kier alpha value is -2.68. The van der Waals surface area contributed by atoms with Crippen LogP contribution in [0.1, 0.15) is 10.4 Å². The monoisotopic (exact) mass is 288 g/mol. The fraction of sp³-hybridized carbons (Fsp3) is 0.158. The number of rotatable bonds is 2. The van der Waals surface area contributed by atoms with Gasteiger partial charge < -0.3 is 4.90 Å². The van der Waals surface area contributed by atoms with Crippen molar-refractivity contribution in [1.29, 1.82) is 0 Å². The van der Waals surface area contributed by atoms with Gasteiger partial charge in [-0.2, -0.15) is 0 Å². The van der Waals surface area contributed by atoms with Gasteiger partial charge in [0.05, 0.1) is 12.5 Å². The lowest BCUT2D eigenvalue weighted by molar-refractivity contribution is 0.0909. The van der Waals surface area contributed by atoms with Crippen LogP contribution in [0.2, 0.25) is 0 Å². The second-order valence-corrected chi connectivity index (χ2v) is 5.67. The number of nitrogens with zero attached hydrogens (tertiary/aromatic N) is 2. The highest BCUT2D eigenvalue weighted by molar-refractivity contribution is 6.03. The number of carbonyl (C=O) groups excluding carboxylic acids is 1. The molecule has 3 nitrogen and oxygen atoms in total. The topological polar surface area (TPSA) is 32.7 Å². The summed E-state index contributed by atoms with van der Waals surface area (Å²) in [6, 6.07) is 14.0. The summed E-state index contributed by atoms with van der Waals surface area (Å²) in [5.74, 6) is 1.04. The summed E-state index contributed by atoms with van der Waals surface area (Å²) in [4.78, 5) is 19.4. The molecule has 0 amide bonds. The molecule has 2 aromatic rings. The van der Waals surface area contributed by atoms with E-state index in [4.69, 9.17) is 0 Å². The smallest absolute Gasteiger partial charge is 0.169 e. The molecule has 0 radical (unpaired) electrons. The van der Waals surface area contributed by atoms with E-state index in [2.05, 4.69) is 11.1 Å². The lowest BCUT2D eigenvalue weighted by atomic mass is 9.94. The molecule has 108 valence electrons. The first kappa shape index (κ1) is 13.0. The molecule has 0 bridgehead atoms. The molecule has 0 aliphatic carbocycles. The molecule has 3 heteroatoms. The number of ketones is 1. The van der Waals surface area contributed by atoms with Crippen molar-refractivity contribution >= 4 is 22.4 Å². The number of benzene rings is 2. The van der Waals surface area contributed by atoms with E-state index in [-0.39, 0.29) is 11.7 Å². The van der Waals surface area contributed by atoms with Gasteiger partial charge in [0.1, 0.15) is 5.84 Å². The number of hydrogen-bond acceptors (Lipinski definition) is 3. The molecule has 2 heterocycles. The minimum atomic E-state index is -0.0823. The highest BCUT2D eigenvalue weighted by Crippen LogP contribution is 2.21. The van der Waals surface area contributed by atoms with E-state index in [0.717, 1.165) is 22.2 Å². The van der Waals surface area contributed by atoms with Crippen LogP contribution in [0.3, 0.4) is 0 Å². The van der Waals surface area contributed by atoms with Gasteiger partial charge in [0, 0.05) is 18.3 Å². The molecular formula is C19H16N2O. The van der Waals surface area contributed by atoms with Crippen LogP contribution in [-0.4, -0.2) is 29.6 Å². The van der Waals surface area contributed by atoms with Gasteiger partial charge in [0.25, 0.3) is 0 Å². The van der Waals surface area contributed by atoms with Gasteiger partial charge in [0.2, 0.25) is 0 Å². The summed E-state index contributed by atoms with van der Waals surface area (Å²) in [6.45, 7) is 1.26. The minimum absolute atomic E-state index is 0.0823. The van der Waals surface area contributed by atoms with Crippen molar-refractivity contribution in [2.75, 3.05) is 13.1 Å². The van der Waals surface area contributed by atoms with Crippen LogP contribution in [0.15, 0.2) is 71.9 Å². The molecule has 2 aromatic carbocycles. The van der Waals surface area contributed by atoms with Crippen molar-refractivity contribution in [3.63, 3.8) is 0 Å². The summed E-state index contributed by atoms with van der Waals surface area (Å²) in [6.07, 6.45) is 7.91. The summed E-state index contributed by atoms with van der Waals surface area (Å²) in [5.41, 5.74) is 0.777. The molecule has 0 spiro atoms. The van der Waals surface area contributed by atoms with Crippen molar-refractivity contribution in [3.8, 4) is 0 Å². The largest absolute Gasteiger partial charge is 0.333 e. The maximum Gasteiger partial charge on any atom is 0.169 e. The average Bonchev–Trinajstić information content (AvgIpc) is 2.60. The van der Waals surface area contributed by atoms with E-state index in [9.17, 15) is 4.79 Å². The van der Waals surface area contributed by atoms with Crippen LogP contribution in [-0.2, 0) is 0 Å². The molecule has 0 saturated carbocycles. The Kier molecular flexibility index (Phi) is 3.11. The Morgan fingerprint density at radius 3 is 2.86 bits per heavy atom. The van der Waals surface area contributed by atoms with Gasteiger partial charge >= 0.3 is 0 Å². The fourth-order valence-corrected chi connectivity index (χ4v) is 3.01. The van der Waals surface area contributed by atoms with Gasteiger partial charge in [-0.05, 0) is 29.0 Å². The molecule has 1 atom stereocenters. The Bertz CT molecular complexity index is 832. The van der Waals surface area contributed by atoms with Crippen LogP contribution >= 0.6 is 0 Å². The van der Waals surface area contributed by atoms with Gasteiger partial charge in [0.15, 0.2) is 5.78 Å². The maximum absolute atomic E-state index is 12.8. The van der Waals surface area contributed by atoms with E-state index in [1.165, 1.54) is 0 Å². The predicted molar refractivity (Wildman–Crippen MR) is 89.1 cm³/mol. The van der Waals surface area contributed by atoms with Crippen molar-refractivity contribution in [2.45, 2.75) is 0 Å². The van der Waals surface area contributed by atoms with Gasteiger partial charge in [-0.3, -0.25) is 9.79 Å². The quantitative estimate of drug-likeness (QED) is 0.793. The van der Waals surface area contributed by atoms with Crippen LogP contribution in [0, 0.1) is 5.92 Å². The lowest BCUT2D eigenvalue weighted by Gasteiger charge is -2.30. The zero-order valence-corrected chi connectivity index (χ0v) is 12.1. The fourth-order valence-electron chi connectivity index (χ4n) is 3.01. The normalized spacial score (nSPS) is 19.9. The van der Waals surface area contributed by atoms with Crippen molar-refractivity contribution in [1.82, 2.24) is 4.90 Å². The molecule has 2 aliphatic rings. The minimum Gasteiger partial charge on any atom is -0.333 e. The standard InChI is InChI=1S/C19H16N2O/c22-19(16-9-8-14-5-1-2-6-15(14)11-16)17-12-20-18-7-3-4-10-21(18)13-17/h1-11,17H,12-13H2. The number of Topliss-reactive ketones (excluding diaryl/α,β-unsaturated/α-hetero) is 1. The summed E-state index contributed by atoms with van der Waals surface area (Å²) in [5, 5.41) is 2.27. The second-order valence-electron chi connectivity index (χ2n) is 5.67. The van der Waals surface area contributed by atoms with Gasteiger partial charge in [-0.25, -0.2) is 0 Å². The highest BCUT2D eigenvalue weighted by Gasteiger charge is 2.27. The molecule has 0 fully saturated rings. The molecule has 4 rings (SSSR count). The maximum atomic E-state index is 12.8. The van der Waals surface area contributed by atoms with Crippen LogP contribution < -0.4 is 0 Å². The first-order chi connectivity index (χ1) is 10.8. The van der Waals surface area contributed by atoms with Gasteiger partial charge in [-0.1, -0.05) is 42.5 Å². The van der Waals surface area contributed by atoms with Crippen molar-refractivity contribution in [2.24, 2.45) is 10.9 Å². The Balaban J connectivity index is 1.62. The number of allylic oxidation sites excluding steroid dienone is 2. The Morgan fingerprint density at radius 1 is 1.09 bits per heavy atom. The number of carbonyl (C=O) groups is 1. The number of hydrogen-bond donors (Lipinski definition) is 0. The van der Waals surface area contributed by atoms with Crippen LogP contribution in [0.25, 0.3) is 10.8 Å². The first-order valence-corrected chi connectivity index (χ1v) is 7.50. The van der Waals surface area contributed by atoms with Crippen molar-refractivity contribution < 1.29 is 4.79 Å². The molecular weight excluding hydrogens is 272 g/mol. The molecule has 0 aromatic heterocycles. The highest BCUT2D eigenvalue weighted by atomic mass is 16.1. The molecule has 0 N–H and O–H groups in total. The van der Waals surface area contributed by atoms with E-state index in [1.807, 2.05) is 65.7 Å². The Labute approximate surface area is 129 Å². The summed E-state index contributed by atoms with van der Waals surface area (Å²) >= 11 is 0. The summed E-state index contributed by atoms with van der Waals surface area (Å²) < 4.78 is 0. The zero-order valence-electron chi connectivity index (χ0n) is 12.1. The second kappa shape index (κ2) is 5.26. The van der Waals surface area contributed by atoms with Gasteiger partial charge in [-0.15, -0.1) is 0 Å². The lowest BCUT2D eigenvalue weighted by Crippen LogP contribution is -2.40. The first-order valence-electron chi connectivity index (χ1n) is 7.50. The predicted octanol–water partition coefficient (Wildman–Crippen LogP) is 3.44. The third-order valence-corrected chi connectivity index (χ3v) is 4.21. The molecule has 1 unspecified atom stereocenters. The molecule has 0 saturated heterocycles. The third-order valence-electron chi connectivity index (χ3n) is 4.21. The number of amidine groups is 1. The average molecular weight is 288 g/mol. The molecule has 2 aliphatic heterocycles. The van der Waals surface area contributed by atoms with E-state index in [0.29, 0.717) is 13.1 Å². The zero-order chi connectivity index (χ0) is 14.9. The SMILES string of the molecule is O=C(c1ccc2ccccc2c1)C1CN=C2C=CC=CN2C1. The van der Waals surface area contributed by atoms with Crippen LogP contribution in [0.5, 0.6) is 0 Å². The summed E-state index contributed by atoms with van der Waals surface area (Å²) in [7, 11) is 0. The van der Waals surface area contributed by atoms with E-state index >= 15 is 0 Å². The van der Waals surface area contributed by atoms with Crippen molar-refractivity contribution in [3.05, 3.63) is 72.5 Å². The third kappa shape index (κ3) is 2.25. The van der Waals surface area contributed by atoms with E-state index < -0.39 is 0 Å². The van der Waals surface area contributed by atoms with Crippen LogP contribution in [0.4, 0.5) is 0 Å². The number of fused-ring (bicyclic) bond motifs is 2. The Morgan fingerprint density at radius 2 is 1.95 bits per heavy atom.